The molecular weight excluding hydrogens is 486 g/mol. The summed E-state index contributed by atoms with van der Waals surface area (Å²) in [6.45, 7) is 3.57. The van der Waals surface area contributed by atoms with Crippen molar-refractivity contribution in [1.29, 1.82) is 0 Å². The summed E-state index contributed by atoms with van der Waals surface area (Å²) >= 11 is 0. The van der Waals surface area contributed by atoms with Crippen molar-refractivity contribution in [3.05, 3.63) is 64.3 Å². The Kier molecular flexibility index (Phi) is 7.50. The Morgan fingerprint density at radius 2 is 1.89 bits per heavy atom. The van der Waals surface area contributed by atoms with Gasteiger partial charge in [0.05, 0.1) is 30.5 Å². The lowest BCUT2D eigenvalue weighted by atomic mass is 10.1. The van der Waals surface area contributed by atoms with Crippen molar-refractivity contribution in [3.63, 3.8) is 0 Å². The molecule has 0 aliphatic heterocycles. The largest absolute Gasteiger partial charge is 0.488 e. The number of nitrogens with zero attached hydrogens (tertiary/aromatic N) is 5. The first-order chi connectivity index (χ1) is 17.5. The highest BCUT2D eigenvalue weighted by atomic mass is 19.3. The van der Waals surface area contributed by atoms with Crippen LogP contribution in [0.3, 0.4) is 0 Å². The SMILES string of the molecule is Cc1cc(-c2ccn3nc(Nc4cc(C)c(=O)n(CCOC(F)F)n4)cc3c2)c(OCC(C)(C)O)cn1. The van der Waals surface area contributed by atoms with Gasteiger partial charge in [-0.1, -0.05) is 0 Å². The number of pyridine rings is 2. The maximum Gasteiger partial charge on any atom is 0.345 e. The third-order valence-electron chi connectivity index (χ3n) is 5.32. The van der Waals surface area contributed by atoms with E-state index in [-0.39, 0.29) is 19.8 Å². The predicted octanol–water partition coefficient (Wildman–Crippen LogP) is 3.70. The third kappa shape index (κ3) is 6.66. The molecule has 2 N–H and O–H groups in total. The number of aliphatic hydroxyl groups is 1. The van der Waals surface area contributed by atoms with Crippen molar-refractivity contribution in [3.8, 4) is 16.9 Å². The maximum absolute atomic E-state index is 12.3. The first-order valence-corrected chi connectivity index (χ1v) is 11.6. The standard InChI is InChI=1S/C25H28F2N6O4/c1-15-9-21(31-33(23(15)34)7-8-36-24(26)27)29-22-12-18-11-17(5-6-32(18)30-22)19-10-16(2)28-13-20(19)37-14-25(3,4)35/h5-6,9-13,24,35H,7-8,14H2,1-4H3,(H,29,30,31). The van der Waals surface area contributed by atoms with E-state index in [1.54, 1.807) is 49.8 Å². The molecule has 37 heavy (non-hydrogen) atoms. The molecule has 0 amide bonds. The number of rotatable bonds is 10. The van der Waals surface area contributed by atoms with Crippen molar-refractivity contribution in [2.24, 2.45) is 0 Å². The van der Waals surface area contributed by atoms with Gasteiger partial charge in [0.2, 0.25) is 0 Å². The van der Waals surface area contributed by atoms with Crippen LogP contribution >= 0.6 is 0 Å². The molecule has 196 valence electrons. The molecule has 0 unspecified atom stereocenters. The lowest BCUT2D eigenvalue weighted by Gasteiger charge is -2.19. The summed E-state index contributed by atoms with van der Waals surface area (Å²) in [7, 11) is 0. The fourth-order valence-corrected chi connectivity index (χ4v) is 3.61. The lowest BCUT2D eigenvalue weighted by molar-refractivity contribution is -0.131. The van der Waals surface area contributed by atoms with Crippen LogP contribution in [0.25, 0.3) is 16.6 Å². The van der Waals surface area contributed by atoms with E-state index < -0.39 is 17.8 Å². The molecule has 4 aromatic rings. The Morgan fingerprint density at radius 1 is 1.14 bits per heavy atom. The van der Waals surface area contributed by atoms with Crippen LogP contribution < -0.4 is 15.6 Å². The third-order valence-corrected chi connectivity index (χ3v) is 5.32. The highest BCUT2D eigenvalue weighted by Gasteiger charge is 2.17. The van der Waals surface area contributed by atoms with Gasteiger partial charge in [0.1, 0.15) is 12.4 Å². The van der Waals surface area contributed by atoms with Gasteiger partial charge in [-0.25, -0.2) is 9.20 Å². The van der Waals surface area contributed by atoms with Crippen molar-refractivity contribution in [2.75, 3.05) is 18.5 Å². The number of hydrogen-bond donors (Lipinski definition) is 2. The number of anilines is 2. The molecule has 0 aliphatic rings. The van der Waals surface area contributed by atoms with E-state index in [2.05, 4.69) is 25.2 Å². The maximum atomic E-state index is 12.3. The van der Waals surface area contributed by atoms with Crippen molar-refractivity contribution < 1.29 is 23.4 Å². The second-order valence-electron chi connectivity index (χ2n) is 9.23. The monoisotopic (exact) mass is 514 g/mol. The number of fused-ring (bicyclic) bond motifs is 1. The summed E-state index contributed by atoms with van der Waals surface area (Å²) in [6.07, 6.45) is 3.44. The molecule has 0 fully saturated rings. The minimum atomic E-state index is -2.92. The second-order valence-corrected chi connectivity index (χ2v) is 9.23. The fourth-order valence-electron chi connectivity index (χ4n) is 3.61. The number of alkyl halides is 2. The second kappa shape index (κ2) is 10.6. The number of ether oxygens (including phenoxy) is 2. The van der Waals surface area contributed by atoms with Crippen molar-refractivity contribution in [1.82, 2.24) is 24.4 Å². The van der Waals surface area contributed by atoms with Crippen molar-refractivity contribution in [2.45, 2.75) is 46.5 Å². The van der Waals surface area contributed by atoms with Gasteiger partial charge in [-0.15, -0.1) is 0 Å². The number of aryl methyl sites for hydroxylation is 2. The predicted molar refractivity (Wildman–Crippen MR) is 133 cm³/mol. The molecule has 0 saturated heterocycles. The van der Waals surface area contributed by atoms with Crippen LogP contribution in [-0.4, -0.2) is 54.9 Å². The minimum absolute atomic E-state index is 0.108. The number of nitrogens with one attached hydrogen (secondary N) is 1. The molecule has 0 bridgehead atoms. The molecule has 0 radical (unpaired) electrons. The van der Waals surface area contributed by atoms with Gasteiger partial charge in [-0.05, 0) is 57.5 Å². The molecule has 0 atom stereocenters. The first kappa shape index (κ1) is 26.2. The Balaban J connectivity index is 1.60. The minimum Gasteiger partial charge on any atom is -0.488 e. The quantitative estimate of drug-likeness (QED) is 0.329. The Morgan fingerprint density at radius 3 is 2.62 bits per heavy atom. The smallest absolute Gasteiger partial charge is 0.345 e. The zero-order valence-electron chi connectivity index (χ0n) is 20.9. The van der Waals surface area contributed by atoms with Gasteiger partial charge < -0.3 is 19.9 Å². The molecular formula is C25H28F2N6O4. The normalized spacial score (nSPS) is 11.9. The van der Waals surface area contributed by atoms with E-state index in [9.17, 15) is 18.7 Å². The van der Waals surface area contributed by atoms with Gasteiger partial charge in [0.15, 0.2) is 11.6 Å². The summed E-state index contributed by atoms with van der Waals surface area (Å²) < 4.78 is 37.4. The van der Waals surface area contributed by atoms with Crippen LogP contribution in [0, 0.1) is 13.8 Å². The van der Waals surface area contributed by atoms with E-state index in [1.165, 1.54) is 0 Å². The van der Waals surface area contributed by atoms with Crippen LogP contribution in [0.1, 0.15) is 25.1 Å². The van der Waals surface area contributed by atoms with E-state index in [0.29, 0.717) is 22.9 Å². The highest BCUT2D eigenvalue weighted by molar-refractivity contribution is 5.75. The van der Waals surface area contributed by atoms with Gasteiger partial charge in [0, 0.05) is 29.1 Å². The average molecular weight is 515 g/mol. The molecule has 0 aromatic carbocycles. The molecule has 4 heterocycles. The summed E-state index contributed by atoms with van der Waals surface area (Å²) in [5.41, 5.74) is 2.30. The summed E-state index contributed by atoms with van der Waals surface area (Å²) in [5.74, 6) is 1.36. The van der Waals surface area contributed by atoms with Gasteiger partial charge in [-0.3, -0.25) is 9.78 Å². The Hall–Kier alpha value is -3.90. The topological polar surface area (TPSA) is 116 Å². The highest BCUT2D eigenvalue weighted by Crippen LogP contribution is 2.32. The van der Waals surface area contributed by atoms with E-state index in [0.717, 1.165) is 27.0 Å². The van der Waals surface area contributed by atoms with Crippen LogP contribution in [0.15, 0.2) is 47.5 Å². The summed E-state index contributed by atoms with van der Waals surface area (Å²) in [4.78, 5) is 16.6. The van der Waals surface area contributed by atoms with Crippen LogP contribution in [0.5, 0.6) is 5.75 Å². The van der Waals surface area contributed by atoms with Gasteiger partial charge in [-0.2, -0.15) is 19.0 Å². The zero-order valence-corrected chi connectivity index (χ0v) is 20.9. The fraction of sp³-hybridized carbons (Fsp3) is 0.360. The Bertz CT molecular complexity index is 1460. The van der Waals surface area contributed by atoms with Gasteiger partial charge >= 0.3 is 6.61 Å². The molecule has 4 rings (SSSR count). The molecule has 12 heteroatoms. The molecule has 0 aliphatic carbocycles. The summed E-state index contributed by atoms with van der Waals surface area (Å²) in [6, 6.07) is 9.11. The molecule has 0 saturated carbocycles. The number of hydrogen-bond acceptors (Lipinski definition) is 8. The van der Waals surface area contributed by atoms with E-state index in [1.807, 2.05) is 25.1 Å². The zero-order chi connectivity index (χ0) is 26.7. The van der Waals surface area contributed by atoms with Crippen LogP contribution in [0.4, 0.5) is 20.4 Å². The number of halogens is 2. The molecule has 0 spiro atoms. The molecule has 4 aromatic heterocycles. The molecule has 10 nitrogen and oxygen atoms in total. The van der Waals surface area contributed by atoms with Gasteiger partial charge in [0.25, 0.3) is 5.56 Å². The summed E-state index contributed by atoms with van der Waals surface area (Å²) in [5, 5.41) is 21.8. The average Bonchev–Trinajstić information content (AvgIpc) is 3.21. The van der Waals surface area contributed by atoms with Crippen LogP contribution in [-0.2, 0) is 11.3 Å². The lowest BCUT2D eigenvalue weighted by Crippen LogP contribution is -2.28. The van der Waals surface area contributed by atoms with Crippen molar-refractivity contribution >= 4 is 17.2 Å². The Labute approximate surface area is 211 Å². The number of aromatic nitrogens is 5. The van der Waals surface area contributed by atoms with E-state index >= 15 is 0 Å². The van der Waals surface area contributed by atoms with Crippen LogP contribution in [0.2, 0.25) is 0 Å². The van der Waals surface area contributed by atoms with E-state index in [4.69, 9.17) is 4.74 Å². The first-order valence-electron chi connectivity index (χ1n) is 11.6.